The number of hydrogen-bond acceptors (Lipinski definition) is 2. The van der Waals surface area contributed by atoms with E-state index in [2.05, 4.69) is 29.6 Å². The number of carboxylic acid groups (broad SMARTS) is 1. The Morgan fingerprint density at radius 1 is 1.05 bits per heavy atom. The molecule has 1 saturated carbocycles. The van der Waals surface area contributed by atoms with Gasteiger partial charge in [0, 0.05) is 17.6 Å². The summed E-state index contributed by atoms with van der Waals surface area (Å²) >= 11 is 0. The minimum absolute atomic E-state index is 0.173. The van der Waals surface area contributed by atoms with Gasteiger partial charge in [-0.2, -0.15) is 0 Å². The van der Waals surface area contributed by atoms with Crippen molar-refractivity contribution in [3.8, 4) is 0 Å². The van der Waals surface area contributed by atoms with Gasteiger partial charge in [0.05, 0.1) is 5.56 Å². The summed E-state index contributed by atoms with van der Waals surface area (Å²) in [5.74, 6) is -0.891. The van der Waals surface area contributed by atoms with Crippen LogP contribution in [0.15, 0.2) is 54.6 Å². The van der Waals surface area contributed by atoms with E-state index in [4.69, 9.17) is 0 Å². The van der Waals surface area contributed by atoms with E-state index in [-0.39, 0.29) is 5.41 Å². The van der Waals surface area contributed by atoms with Gasteiger partial charge in [-0.25, -0.2) is 4.79 Å². The second kappa shape index (κ2) is 5.00. The molecule has 1 aliphatic rings. The molecule has 20 heavy (non-hydrogen) atoms. The van der Waals surface area contributed by atoms with Gasteiger partial charge in [-0.15, -0.1) is 0 Å². The fraction of sp³-hybridized carbons (Fsp3) is 0.235. The SMILES string of the molecule is O=C(O)c1ccccc1NCC1(c2ccccc2)CC1. The molecule has 0 saturated heterocycles. The standard InChI is InChI=1S/C17H17NO2/c19-16(20)14-8-4-5-9-15(14)18-12-17(10-11-17)13-6-2-1-3-7-13/h1-9,18H,10-12H2,(H,19,20). The quantitative estimate of drug-likeness (QED) is 0.871. The van der Waals surface area contributed by atoms with E-state index < -0.39 is 5.97 Å². The number of para-hydroxylation sites is 1. The molecule has 1 fully saturated rings. The molecule has 0 unspecified atom stereocenters. The molecule has 2 aromatic carbocycles. The average Bonchev–Trinajstić information content (AvgIpc) is 3.27. The topological polar surface area (TPSA) is 49.3 Å². The van der Waals surface area contributed by atoms with Gasteiger partial charge in [-0.05, 0) is 30.5 Å². The molecular weight excluding hydrogens is 250 g/mol. The summed E-state index contributed by atoms with van der Waals surface area (Å²) in [4.78, 5) is 11.2. The van der Waals surface area contributed by atoms with Crippen LogP contribution in [0.4, 0.5) is 5.69 Å². The van der Waals surface area contributed by atoms with Crippen molar-refractivity contribution in [2.24, 2.45) is 0 Å². The molecule has 0 aliphatic heterocycles. The van der Waals surface area contributed by atoms with E-state index in [1.54, 1.807) is 12.1 Å². The highest BCUT2D eigenvalue weighted by molar-refractivity contribution is 5.94. The van der Waals surface area contributed by atoms with E-state index in [1.165, 1.54) is 5.56 Å². The van der Waals surface area contributed by atoms with Crippen molar-refractivity contribution in [1.29, 1.82) is 0 Å². The highest BCUT2D eigenvalue weighted by atomic mass is 16.4. The summed E-state index contributed by atoms with van der Waals surface area (Å²) in [7, 11) is 0. The molecule has 1 aliphatic carbocycles. The van der Waals surface area contributed by atoms with Crippen LogP contribution < -0.4 is 5.32 Å². The summed E-state index contributed by atoms with van der Waals surface area (Å²) in [6.07, 6.45) is 2.30. The Bertz CT molecular complexity index is 618. The molecule has 0 bridgehead atoms. The van der Waals surface area contributed by atoms with Crippen LogP contribution in [0.25, 0.3) is 0 Å². The lowest BCUT2D eigenvalue weighted by Crippen LogP contribution is -2.20. The maximum absolute atomic E-state index is 11.2. The molecule has 0 spiro atoms. The van der Waals surface area contributed by atoms with Crippen molar-refractivity contribution < 1.29 is 9.90 Å². The first-order chi connectivity index (χ1) is 9.71. The van der Waals surface area contributed by atoms with Gasteiger partial charge in [0.2, 0.25) is 0 Å². The van der Waals surface area contributed by atoms with Crippen molar-refractivity contribution in [3.05, 3.63) is 65.7 Å². The Hall–Kier alpha value is -2.29. The van der Waals surface area contributed by atoms with Crippen molar-refractivity contribution in [2.45, 2.75) is 18.3 Å². The van der Waals surface area contributed by atoms with E-state index in [9.17, 15) is 9.90 Å². The van der Waals surface area contributed by atoms with Crippen LogP contribution in [0.5, 0.6) is 0 Å². The van der Waals surface area contributed by atoms with E-state index in [0.29, 0.717) is 11.3 Å². The first-order valence-corrected chi connectivity index (χ1v) is 6.83. The number of anilines is 1. The van der Waals surface area contributed by atoms with Crippen molar-refractivity contribution in [2.75, 3.05) is 11.9 Å². The fourth-order valence-electron chi connectivity index (χ4n) is 2.60. The molecule has 0 radical (unpaired) electrons. The molecule has 2 N–H and O–H groups in total. The zero-order valence-corrected chi connectivity index (χ0v) is 11.2. The summed E-state index contributed by atoms with van der Waals surface area (Å²) in [6, 6.07) is 17.5. The Kier molecular flexibility index (Phi) is 3.18. The average molecular weight is 267 g/mol. The maximum atomic E-state index is 11.2. The molecule has 0 heterocycles. The molecule has 3 heteroatoms. The highest BCUT2D eigenvalue weighted by Crippen LogP contribution is 2.48. The third-order valence-corrected chi connectivity index (χ3v) is 4.01. The van der Waals surface area contributed by atoms with Crippen LogP contribution in [0.3, 0.4) is 0 Å². The number of hydrogen-bond donors (Lipinski definition) is 2. The molecule has 102 valence electrons. The number of carbonyl (C=O) groups is 1. The van der Waals surface area contributed by atoms with Crippen LogP contribution in [-0.2, 0) is 5.41 Å². The molecule has 0 atom stereocenters. The number of rotatable bonds is 5. The number of aromatic carboxylic acids is 1. The number of nitrogens with one attached hydrogen (secondary N) is 1. The highest BCUT2D eigenvalue weighted by Gasteiger charge is 2.43. The van der Waals surface area contributed by atoms with Gasteiger partial charge in [0.1, 0.15) is 0 Å². The lowest BCUT2D eigenvalue weighted by molar-refractivity contribution is 0.0698. The molecule has 3 nitrogen and oxygen atoms in total. The molecule has 2 aromatic rings. The fourth-order valence-corrected chi connectivity index (χ4v) is 2.60. The van der Waals surface area contributed by atoms with Gasteiger partial charge in [0.15, 0.2) is 0 Å². The van der Waals surface area contributed by atoms with Gasteiger partial charge < -0.3 is 10.4 Å². The predicted molar refractivity (Wildman–Crippen MR) is 79.2 cm³/mol. The number of carboxylic acids is 1. The molecule has 3 rings (SSSR count). The second-order valence-corrected chi connectivity index (χ2v) is 5.35. The van der Waals surface area contributed by atoms with Crippen LogP contribution >= 0.6 is 0 Å². The zero-order valence-electron chi connectivity index (χ0n) is 11.2. The van der Waals surface area contributed by atoms with Crippen molar-refractivity contribution in [3.63, 3.8) is 0 Å². The molecular formula is C17H17NO2. The Morgan fingerprint density at radius 3 is 2.35 bits per heavy atom. The maximum Gasteiger partial charge on any atom is 0.337 e. The van der Waals surface area contributed by atoms with E-state index in [0.717, 1.165) is 19.4 Å². The minimum Gasteiger partial charge on any atom is -0.478 e. The minimum atomic E-state index is -0.891. The first-order valence-electron chi connectivity index (χ1n) is 6.83. The van der Waals surface area contributed by atoms with Gasteiger partial charge >= 0.3 is 5.97 Å². The summed E-state index contributed by atoms with van der Waals surface area (Å²) in [5, 5.41) is 12.5. The monoisotopic (exact) mass is 267 g/mol. The van der Waals surface area contributed by atoms with Crippen molar-refractivity contribution >= 4 is 11.7 Å². The Balaban J connectivity index is 1.76. The smallest absolute Gasteiger partial charge is 0.337 e. The van der Waals surface area contributed by atoms with Crippen LogP contribution in [0.2, 0.25) is 0 Å². The van der Waals surface area contributed by atoms with E-state index >= 15 is 0 Å². The predicted octanol–water partition coefficient (Wildman–Crippen LogP) is 3.53. The van der Waals surface area contributed by atoms with Crippen LogP contribution in [0.1, 0.15) is 28.8 Å². The summed E-state index contributed by atoms with van der Waals surface area (Å²) in [5.41, 5.74) is 2.53. The Labute approximate surface area is 118 Å². The van der Waals surface area contributed by atoms with E-state index in [1.807, 2.05) is 18.2 Å². The third kappa shape index (κ3) is 2.39. The third-order valence-electron chi connectivity index (χ3n) is 4.01. The zero-order chi connectivity index (χ0) is 14.0. The summed E-state index contributed by atoms with van der Waals surface area (Å²) in [6.45, 7) is 0.779. The van der Waals surface area contributed by atoms with Crippen LogP contribution in [-0.4, -0.2) is 17.6 Å². The van der Waals surface area contributed by atoms with Gasteiger partial charge in [0.25, 0.3) is 0 Å². The second-order valence-electron chi connectivity index (χ2n) is 5.35. The Morgan fingerprint density at radius 2 is 1.70 bits per heavy atom. The lowest BCUT2D eigenvalue weighted by atomic mass is 9.96. The lowest BCUT2D eigenvalue weighted by Gasteiger charge is -2.18. The van der Waals surface area contributed by atoms with Gasteiger partial charge in [-0.3, -0.25) is 0 Å². The first kappa shape index (κ1) is 12.7. The van der Waals surface area contributed by atoms with Crippen LogP contribution in [0, 0.1) is 0 Å². The molecule has 0 aromatic heterocycles. The van der Waals surface area contributed by atoms with Gasteiger partial charge in [-0.1, -0.05) is 42.5 Å². The number of benzene rings is 2. The normalized spacial score (nSPS) is 15.6. The largest absolute Gasteiger partial charge is 0.478 e. The molecule has 0 amide bonds. The summed E-state index contributed by atoms with van der Waals surface area (Å²) < 4.78 is 0. The van der Waals surface area contributed by atoms with Crippen molar-refractivity contribution in [1.82, 2.24) is 0 Å².